The van der Waals surface area contributed by atoms with Gasteiger partial charge in [0, 0.05) is 18.7 Å². The Morgan fingerprint density at radius 2 is 2.00 bits per heavy atom. The number of benzene rings is 2. The molecule has 0 amide bonds. The first-order chi connectivity index (χ1) is 10.1. The molecule has 0 saturated carbocycles. The maximum Gasteiger partial charge on any atom is 0.271 e. The highest BCUT2D eigenvalue weighted by Crippen LogP contribution is 2.20. The van der Waals surface area contributed by atoms with Crippen LogP contribution in [0.4, 0.5) is 16.0 Å². The van der Waals surface area contributed by atoms with Crippen LogP contribution in [-0.2, 0) is 6.54 Å². The van der Waals surface area contributed by atoms with Gasteiger partial charge in [0.15, 0.2) is 0 Å². The van der Waals surface area contributed by atoms with Gasteiger partial charge in [0.05, 0.1) is 16.0 Å². The number of imidazole rings is 1. The van der Waals surface area contributed by atoms with Crippen molar-refractivity contribution >= 4 is 22.7 Å². The van der Waals surface area contributed by atoms with E-state index in [9.17, 15) is 14.5 Å². The summed E-state index contributed by atoms with van der Waals surface area (Å²) < 4.78 is 12.8. The third-order valence-electron chi connectivity index (χ3n) is 3.05. The fourth-order valence-corrected chi connectivity index (χ4v) is 1.98. The molecule has 21 heavy (non-hydrogen) atoms. The van der Waals surface area contributed by atoms with Gasteiger partial charge < -0.3 is 10.3 Å². The number of nitro groups is 1. The highest BCUT2D eigenvalue weighted by molar-refractivity contribution is 5.79. The molecule has 0 atom stereocenters. The summed E-state index contributed by atoms with van der Waals surface area (Å²) in [5.74, 6) is 0.226. The van der Waals surface area contributed by atoms with Gasteiger partial charge in [-0.3, -0.25) is 10.1 Å². The largest absolute Gasteiger partial charge is 0.352 e. The monoisotopic (exact) mass is 286 g/mol. The normalized spacial score (nSPS) is 10.7. The summed E-state index contributed by atoms with van der Waals surface area (Å²) in [5, 5.41) is 13.8. The van der Waals surface area contributed by atoms with Crippen LogP contribution in [0.5, 0.6) is 0 Å². The molecule has 0 spiro atoms. The van der Waals surface area contributed by atoms with E-state index in [2.05, 4.69) is 15.3 Å². The number of rotatable bonds is 4. The van der Waals surface area contributed by atoms with Gasteiger partial charge in [-0.2, -0.15) is 0 Å². The molecule has 0 aliphatic heterocycles. The maximum atomic E-state index is 12.8. The van der Waals surface area contributed by atoms with Crippen LogP contribution in [0.3, 0.4) is 0 Å². The molecular formula is C14H11FN4O2. The summed E-state index contributed by atoms with van der Waals surface area (Å²) in [5.41, 5.74) is 2.15. The van der Waals surface area contributed by atoms with E-state index < -0.39 is 4.92 Å². The molecule has 6 nitrogen and oxygen atoms in total. The number of aromatic amines is 1. The minimum atomic E-state index is -0.452. The molecule has 0 aliphatic rings. The number of hydrogen-bond acceptors (Lipinski definition) is 4. The molecular weight excluding hydrogens is 275 g/mol. The molecule has 106 valence electrons. The van der Waals surface area contributed by atoms with Gasteiger partial charge in [-0.1, -0.05) is 12.1 Å². The molecule has 0 fully saturated rings. The van der Waals surface area contributed by atoms with E-state index in [-0.39, 0.29) is 11.5 Å². The molecule has 0 saturated heterocycles. The minimum Gasteiger partial charge on any atom is -0.352 e. The summed E-state index contributed by atoms with van der Waals surface area (Å²) in [6, 6.07) is 10.6. The van der Waals surface area contributed by atoms with Gasteiger partial charge in [-0.05, 0) is 23.8 Å². The van der Waals surface area contributed by atoms with Crippen LogP contribution in [0, 0.1) is 15.9 Å². The minimum absolute atomic E-state index is 0.0104. The standard InChI is InChI=1S/C14H11FN4O2/c15-10-3-1-9(2-4-10)8-16-14-17-12-6-5-11(19(20)21)7-13(12)18-14/h1-7H,8H2,(H2,16,17,18). The molecule has 1 aromatic heterocycles. The number of nitro benzene ring substituents is 1. The Balaban J connectivity index is 1.78. The van der Waals surface area contributed by atoms with Gasteiger partial charge in [0.25, 0.3) is 5.69 Å². The third-order valence-corrected chi connectivity index (χ3v) is 3.05. The topological polar surface area (TPSA) is 83.8 Å². The van der Waals surface area contributed by atoms with E-state index in [1.807, 2.05) is 0 Å². The highest BCUT2D eigenvalue weighted by atomic mass is 19.1. The summed E-state index contributed by atoms with van der Waals surface area (Å²) in [4.78, 5) is 17.5. The van der Waals surface area contributed by atoms with E-state index in [0.717, 1.165) is 5.56 Å². The second-order valence-corrected chi connectivity index (χ2v) is 4.52. The zero-order valence-corrected chi connectivity index (χ0v) is 10.8. The van der Waals surface area contributed by atoms with Crippen molar-refractivity contribution in [1.82, 2.24) is 9.97 Å². The van der Waals surface area contributed by atoms with Crippen LogP contribution in [-0.4, -0.2) is 14.9 Å². The van der Waals surface area contributed by atoms with Crippen molar-refractivity contribution in [3.05, 3.63) is 64.0 Å². The first-order valence-electron chi connectivity index (χ1n) is 6.24. The maximum absolute atomic E-state index is 12.8. The average molecular weight is 286 g/mol. The number of fused-ring (bicyclic) bond motifs is 1. The van der Waals surface area contributed by atoms with E-state index in [1.54, 1.807) is 18.2 Å². The van der Waals surface area contributed by atoms with Gasteiger partial charge in [0.1, 0.15) is 5.82 Å². The smallest absolute Gasteiger partial charge is 0.271 e. The van der Waals surface area contributed by atoms with Crippen molar-refractivity contribution in [2.45, 2.75) is 6.54 Å². The molecule has 7 heteroatoms. The zero-order valence-electron chi connectivity index (χ0n) is 10.8. The molecule has 3 aromatic rings. The molecule has 3 rings (SSSR count). The summed E-state index contributed by atoms with van der Waals surface area (Å²) in [6.07, 6.45) is 0. The number of nitrogens with zero attached hydrogens (tertiary/aromatic N) is 2. The fourth-order valence-electron chi connectivity index (χ4n) is 1.98. The van der Waals surface area contributed by atoms with Crippen LogP contribution in [0.15, 0.2) is 42.5 Å². The lowest BCUT2D eigenvalue weighted by Gasteiger charge is -2.02. The van der Waals surface area contributed by atoms with E-state index >= 15 is 0 Å². The lowest BCUT2D eigenvalue weighted by Crippen LogP contribution is -2.00. The number of hydrogen-bond donors (Lipinski definition) is 2. The van der Waals surface area contributed by atoms with Crippen LogP contribution in [0.1, 0.15) is 5.56 Å². The Bertz CT molecular complexity index is 798. The van der Waals surface area contributed by atoms with Crippen molar-refractivity contribution in [2.75, 3.05) is 5.32 Å². The number of H-pyrrole nitrogens is 1. The predicted molar refractivity (Wildman–Crippen MR) is 76.5 cm³/mol. The van der Waals surface area contributed by atoms with Crippen molar-refractivity contribution in [1.29, 1.82) is 0 Å². The van der Waals surface area contributed by atoms with Crippen molar-refractivity contribution in [3.8, 4) is 0 Å². The fraction of sp³-hybridized carbons (Fsp3) is 0.0714. The van der Waals surface area contributed by atoms with Gasteiger partial charge >= 0.3 is 0 Å². The summed E-state index contributed by atoms with van der Waals surface area (Å²) >= 11 is 0. The lowest BCUT2D eigenvalue weighted by molar-refractivity contribution is -0.384. The number of non-ortho nitro benzene ring substituents is 1. The zero-order chi connectivity index (χ0) is 14.8. The number of anilines is 1. The van der Waals surface area contributed by atoms with Gasteiger partial charge in [-0.15, -0.1) is 0 Å². The first-order valence-corrected chi connectivity index (χ1v) is 6.24. The van der Waals surface area contributed by atoms with Crippen LogP contribution >= 0.6 is 0 Å². The van der Waals surface area contributed by atoms with Crippen LogP contribution in [0.2, 0.25) is 0 Å². The average Bonchev–Trinajstić information content (AvgIpc) is 2.88. The predicted octanol–water partition coefficient (Wildman–Crippen LogP) is 3.22. The Labute approximate surface area is 118 Å². The van der Waals surface area contributed by atoms with E-state index in [1.165, 1.54) is 24.3 Å². The van der Waals surface area contributed by atoms with E-state index in [0.29, 0.717) is 23.5 Å². The number of halogens is 1. The summed E-state index contributed by atoms with van der Waals surface area (Å²) in [6.45, 7) is 0.474. The molecule has 0 unspecified atom stereocenters. The first kappa shape index (κ1) is 13.0. The van der Waals surface area contributed by atoms with E-state index in [4.69, 9.17) is 0 Å². The number of aromatic nitrogens is 2. The number of nitrogens with one attached hydrogen (secondary N) is 2. The van der Waals surface area contributed by atoms with Gasteiger partial charge in [-0.25, -0.2) is 9.37 Å². The molecule has 1 heterocycles. The molecule has 2 aromatic carbocycles. The molecule has 0 aliphatic carbocycles. The Morgan fingerprint density at radius 3 is 2.71 bits per heavy atom. The Hall–Kier alpha value is -2.96. The molecule has 2 N–H and O–H groups in total. The van der Waals surface area contributed by atoms with Crippen molar-refractivity contribution < 1.29 is 9.31 Å². The van der Waals surface area contributed by atoms with Crippen LogP contribution in [0.25, 0.3) is 11.0 Å². The second kappa shape index (κ2) is 5.20. The molecule has 0 radical (unpaired) electrons. The SMILES string of the molecule is O=[N+]([O-])c1ccc2nc(NCc3ccc(F)cc3)[nH]c2c1. The molecule has 0 bridgehead atoms. The third kappa shape index (κ3) is 2.81. The lowest BCUT2D eigenvalue weighted by atomic mass is 10.2. The second-order valence-electron chi connectivity index (χ2n) is 4.52. The van der Waals surface area contributed by atoms with Crippen molar-refractivity contribution in [2.24, 2.45) is 0 Å². The highest BCUT2D eigenvalue weighted by Gasteiger charge is 2.09. The quantitative estimate of drug-likeness (QED) is 0.569. The van der Waals surface area contributed by atoms with Crippen molar-refractivity contribution in [3.63, 3.8) is 0 Å². The van der Waals surface area contributed by atoms with Gasteiger partial charge in [0.2, 0.25) is 5.95 Å². The summed E-state index contributed by atoms with van der Waals surface area (Å²) in [7, 11) is 0. The van der Waals surface area contributed by atoms with Crippen LogP contribution < -0.4 is 5.32 Å². The Morgan fingerprint density at radius 1 is 1.24 bits per heavy atom. The Kier molecular flexibility index (Phi) is 3.23.